The van der Waals surface area contributed by atoms with Gasteiger partial charge in [0.15, 0.2) is 11.0 Å². The smallest absolute Gasteiger partial charge is 0.234 e. The summed E-state index contributed by atoms with van der Waals surface area (Å²) in [5.41, 5.74) is 1.62. The molecule has 0 aliphatic rings. The van der Waals surface area contributed by atoms with Crippen molar-refractivity contribution >= 4 is 23.4 Å². The number of amides is 1. The van der Waals surface area contributed by atoms with Gasteiger partial charge in [-0.25, -0.2) is 8.78 Å². The number of rotatable bonds is 7. The van der Waals surface area contributed by atoms with Crippen LogP contribution in [0.3, 0.4) is 0 Å². The number of aryl methyl sites for hydroxylation is 1. The average Bonchev–Trinajstić information content (AvgIpc) is 3.07. The van der Waals surface area contributed by atoms with Gasteiger partial charge < -0.3 is 5.32 Å². The molecule has 0 spiro atoms. The molecular formula is C20H18F2N4OS. The van der Waals surface area contributed by atoms with Crippen LogP contribution in [0.1, 0.15) is 5.56 Å². The van der Waals surface area contributed by atoms with Crippen molar-refractivity contribution in [2.45, 2.75) is 18.6 Å². The van der Waals surface area contributed by atoms with Gasteiger partial charge in [-0.3, -0.25) is 9.36 Å². The highest BCUT2D eigenvalue weighted by Gasteiger charge is 2.15. The lowest BCUT2D eigenvalue weighted by Crippen LogP contribution is -2.15. The molecule has 0 aliphatic carbocycles. The largest absolute Gasteiger partial charge is 0.325 e. The topological polar surface area (TPSA) is 59.8 Å². The third kappa shape index (κ3) is 4.64. The molecule has 0 radical (unpaired) electrons. The molecule has 144 valence electrons. The van der Waals surface area contributed by atoms with Gasteiger partial charge in [-0.05, 0) is 48.9 Å². The van der Waals surface area contributed by atoms with Crippen molar-refractivity contribution in [1.29, 1.82) is 0 Å². The van der Waals surface area contributed by atoms with E-state index in [1.54, 1.807) is 41.8 Å². The van der Waals surface area contributed by atoms with Crippen molar-refractivity contribution in [2.24, 2.45) is 0 Å². The molecule has 28 heavy (non-hydrogen) atoms. The van der Waals surface area contributed by atoms with Crippen molar-refractivity contribution in [1.82, 2.24) is 14.8 Å². The summed E-state index contributed by atoms with van der Waals surface area (Å²) >= 11 is 1.20. The molecule has 0 saturated heterocycles. The maximum Gasteiger partial charge on any atom is 0.234 e. The molecule has 0 atom stereocenters. The van der Waals surface area contributed by atoms with Gasteiger partial charge in [-0.1, -0.05) is 23.9 Å². The first kappa shape index (κ1) is 19.8. The molecule has 0 fully saturated rings. The number of nitrogens with one attached hydrogen (secondary N) is 1. The zero-order valence-electron chi connectivity index (χ0n) is 15.2. The number of thioether (sulfide) groups is 1. The van der Waals surface area contributed by atoms with Crippen molar-refractivity contribution < 1.29 is 13.6 Å². The quantitative estimate of drug-likeness (QED) is 0.470. The highest BCUT2D eigenvalue weighted by Crippen LogP contribution is 2.24. The maximum absolute atomic E-state index is 13.6. The number of benzene rings is 2. The van der Waals surface area contributed by atoms with Crippen LogP contribution < -0.4 is 5.32 Å². The summed E-state index contributed by atoms with van der Waals surface area (Å²) in [6, 6.07) is 10.5. The zero-order chi connectivity index (χ0) is 20.1. The Kier molecular flexibility index (Phi) is 6.20. The number of carbonyl (C=O) groups excluding carboxylic acids is 1. The van der Waals surface area contributed by atoms with E-state index in [2.05, 4.69) is 22.1 Å². The molecule has 8 heteroatoms. The van der Waals surface area contributed by atoms with E-state index in [4.69, 9.17) is 0 Å². The summed E-state index contributed by atoms with van der Waals surface area (Å²) < 4.78 is 28.6. The van der Waals surface area contributed by atoms with E-state index in [0.717, 1.165) is 0 Å². The van der Waals surface area contributed by atoms with Gasteiger partial charge in [-0.15, -0.1) is 16.8 Å². The third-order valence-electron chi connectivity index (χ3n) is 3.92. The standard InChI is InChI=1S/C20H18F2N4OS/c1-3-10-26-19(14-5-7-15(21)8-6-14)24-25-20(26)28-12-18(27)23-16-9-4-13(2)17(22)11-16/h3-9,11H,1,10,12H2,2H3,(H,23,27). The Hall–Kier alpha value is -3.00. The summed E-state index contributed by atoms with van der Waals surface area (Å²) in [5, 5.41) is 11.5. The summed E-state index contributed by atoms with van der Waals surface area (Å²) in [6.07, 6.45) is 1.69. The summed E-state index contributed by atoms with van der Waals surface area (Å²) in [7, 11) is 0. The lowest BCUT2D eigenvalue weighted by molar-refractivity contribution is -0.113. The highest BCUT2D eigenvalue weighted by molar-refractivity contribution is 7.99. The number of aromatic nitrogens is 3. The lowest BCUT2D eigenvalue weighted by atomic mass is 10.2. The van der Waals surface area contributed by atoms with E-state index in [9.17, 15) is 13.6 Å². The van der Waals surface area contributed by atoms with Crippen LogP contribution >= 0.6 is 11.8 Å². The molecule has 1 aromatic heterocycles. The van der Waals surface area contributed by atoms with Crippen LogP contribution in [0.25, 0.3) is 11.4 Å². The molecule has 0 bridgehead atoms. The molecule has 2 aromatic carbocycles. The second kappa shape index (κ2) is 8.79. The van der Waals surface area contributed by atoms with Gasteiger partial charge in [0, 0.05) is 17.8 Å². The first-order chi connectivity index (χ1) is 13.5. The van der Waals surface area contributed by atoms with Gasteiger partial charge in [0.25, 0.3) is 0 Å². The van der Waals surface area contributed by atoms with Crippen molar-refractivity contribution in [3.05, 3.63) is 72.3 Å². The second-order valence-corrected chi connectivity index (χ2v) is 6.96. The van der Waals surface area contributed by atoms with Crippen LogP contribution in [0.2, 0.25) is 0 Å². The Morgan fingerprint density at radius 2 is 1.96 bits per heavy atom. The number of nitrogens with zero attached hydrogens (tertiary/aromatic N) is 3. The van der Waals surface area contributed by atoms with Crippen molar-refractivity contribution in [2.75, 3.05) is 11.1 Å². The molecule has 1 heterocycles. The minimum Gasteiger partial charge on any atom is -0.325 e. The average molecular weight is 400 g/mol. The fourth-order valence-electron chi connectivity index (χ4n) is 2.50. The number of hydrogen-bond acceptors (Lipinski definition) is 4. The van der Waals surface area contributed by atoms with Crippen LogP contribution in [-0.4, -0.2) is 26.4 Å². The molecule has 3 aromatic rings. The van der Waals surface area contributed by atoms with Crippen LogP contribution in [0.4, 0.5) is 14.5 Å². The van der Waals surface area contributed by atoms with Crippen molar-refractivity contribution in [3.8, 4) is 11.4 Å². The Labute approximate surface area is 165 Å². The zero-order valence-corrected chi connectivity index (χ0v) is 16.0. The summed E-state index contributed by atoms with van der Waals surface area (Å²) in [5.74, 6) is -0.362. The summed E-state index contributed by atoms with van der Waals surface area (Å²) in [6.45, 7) is 5.82. The van der Waals surface area contributed by atoms with Gasteiger partial charge in [0.2, 0.25) is 5.91 Å². The van der Waals surface area contributed by atoms with E-state index < -0.39 is 0 Å². The second-order valence-electron chi connectivity index (χ2n) is 6.01. The fraction of sp³-hybridized carbons (Fsp3) is 0.150. The Morgan fingerprint density at radius 3 is 2.64 bits per heavy atom. The first-order valence-corrected chi connectivity index (χ1v) is 9.45. The van der Waals surface area contributed by atoms with Gasteiger partial charge in [0.05, 0.1) is 5.75 Å². The van der Waals surface area contributed by atoms with E-state index >= 15 is 0 Å². The van der Waals surface area contributed by atoms with Crippen LogP contribution in [0.15, 0.2) is 60.3 Å². The van der Waals surface area contributed by atoms with Gasteiger partial charge >= 0.3 is 0 Å². The molecule has 1 N–H and O–H groups in total. The van der Waals surface area contributed by atoms with E-state index in [1.165, 1.54) is 30.0 Å². The first-order valence-electron chi connectivity index (χ1n) is 8.46. The van der Waals surface area contributed by atoms with E-state index in [1.807, 2.05) is 0 Å². The molecule has 0 saturated carbocycles. The van der Waals surface area contributed by atoms with Crippen LogP contribution in [0.5, 0.6) is 0 Å². The Morgan fingerprint density at radius 1 is 1.21 bits per heavy atom. The summed E-state index contributed by atoms with van der Waals surface area (Å²) in [4.78, 5) is 12.2. The third-order valence-corrected chi connectivity index (χ3v) is 4.89. The minimum absolute atomic E-state index is 0.0776. The SMILES string of the molecule is C=CCn1c(SCC(=O)Nc2ccc(C)c(F)c2)nnc1-c1ccc(F)cc1. The predicted octanol–water partition coefficient (Wildman–Crippen LogP) is 4.45. The Balaban J connectivity index is 1.71. The molecule has 0 unspecified atom stereocenters. The monoisotopic (exact) mass is 400 g/mol. The molecule has 0 aliphatic heterocycles. The van der Waals surface area contributed by atoms with E-state index in [0.29, 0.717) is 34.3 Å². The number of carbonyl (C=O) groups is 1. The molecule has 1 amide bonds. The van der Waals surface area contributed by atoms with Crippen LogP contribution in [-0.2, 0) is 11.3 Å². The number of allylic oxidation sites excluding steroid dienone is 1. The van der Waals surface area contributed by atoms with E-state index in [-0.39, 0.29) is 23.3 Å². The fourth-order valence-corrected chi connectivity index (χ4v) is 3.25. The predicted molar refractivity (Wildman–Crippen MR) is 106 cm³/mol. The number of halogens is 2. The molecular weight excluding hydrogens is 382 g/mol. The number of anilines is 1. The lowest BCUT2D eigenvalue weighted by Gasteiger charge is -2.08. The normalized spacial score (nSPS) is 10.7. The molecule has 3 rings (SSSR count). The van der Waals surface area contributed by atoms with Crippen molar-refractivity contribution in [3.63, 3.8) is 0 Å². The number of hydrogen-bond donors (Lipinski definition) is 1. The van der Waals surface area contributed by atoms with Gasteiger partial charge in [-0.2, -0.15) is 0 Å². The van der Waals surface area contributed by atoms with Crippen LogP contribution in [0, 0.1) is 18.6 Å². The molecule has 5 nitrogen and oxygen atoms in total. The minimum atomic E-state index is -0.375. The van der Waals surface area contributed by atoms with Gasteiger partial charge in [0.1, 0.15) is 11.6 Å². The highest BCUT2D eigenvalue weighted by atomic mass is 32.2. The maximum atomic E-state index is 13.6. The Bertz CT molecular complexity index is 1000.